The maximum atomic E-state index is 11.3. The second kappa shape index (κ2) is 20.5. The molecule has 0 amide bonds. The van der Waals surface area contributed by atoms with Gasteiger partial charge in [-0.3, -0.25) is 4.79 Å². The van der Waals surface area contributed by atoms with Gasteiger partial charge in [0.15, 0.2) is 23.0 Å². The van der Waals surface area contributed by atoms with E-state index in [2.05, 4.69) is 20.8 Å². The van der Waals surface area contributed by atoms with Crippen molar-refractivity contribution in [2.24, 2.45) is 0 Å². The van der Waals surface area contributed by atoms with Gasteiger partial charge in [-0.1, -0.05) is 15.9 Å². The molecule has 3 aliphatic heterocycles. The third-order valence-electron chi connectivity index (χ3n) is 5.67. The summed E-state index contributed by atoms with van der Waals surface area (Å²) in [6, 6.07) is 11.9. The fraction of sp³-hybridized carbons (Fsp3) is 0.321. The van der Waals surface area contributed by atoms with E-state index in [1.54, 1.807) is 12.1 Å². The molecule has 14 nitrogen and oxygen atoms in total. The van der Waals surface area contributed by atoms with E-state index in [0.717, 1.165) is 30.5 Å². The van der Waals surface area contributed by atoms with E-state index < -0.39 is 5.63 Å². The SMILES string of the molecule is BrCC1CO1.O=CO[O-].O=c1ccc2cc(O)c(O)cc2o1.O=c1ccc2cc(OCC3CO3)c(OCC3CO3)cc2o1.[H-].[K+].[K+]. The largest absolute Gasteiger partial charge is 1.00 e. The van der Waals surface area contributed by atoms with Crippen LogP contribution in [0.3, 0.4) is 0 Å². The molecule has 3 atom stereocenters. The van der Waals surface area contributed by atoms with Gasteiger partial charge < -0.3 is 54.3 Å². The van der Waals surface area contributed by atoms with Gasteiger partial charge in [-0.2, -0.15) is 0 Å². The summed E-state index contributed by atoms with van der Waals surface area (Å²) in [4.78, 5) is 33.3. The quantitative estimate of drug-likeness (QED) is 0.0257. The second-order valence-electron chi connectivity index (χ2n) is 9.06. The summed E-state index contributed by atoms with van der Waals surface area (Å²) in [5.74, 6) is 0.628. The maximum Gasteiger partial charge on any atom is 1.00 e. The van der Waals surface area contributed by atoms with Crippen molar-refractivity contribution < 1.29 is 162 Å². The number of benzene rings is 2. The van der Waals surface area contributed by atoms with Crippen LogP contribution < -0.4 is 129 Å². The number of ether oxygens (including phenoxy) is 5. The Labute approximate surface area is 350 Å². The fourth-order valence-corrected chi connectivity index (χ4v) is 3.62. The number of epoxide rings is 3. The molecule has 17 heteroatoms. The zero-order valence-corrected chi connectivity index (χ0v) is 32.2. The number of halogens is 1. The van der Waals surface area contributed by atoms with E-state index in [1.165, 1.54) is 30.3 Å². The smallest absolute Gasteiger partial charge is 1.00 e. The zero-order chi connectivity index (χ0) is 30.8. The number of aromatic hydroxyl groups is 2. The predicted molar refractivity (Wildman–Crippen MR) is 151 cm³/mol. The van der Waals surface area contributed by atoms with Crippen LogP contribution in [0.1, 0.15) is 1.43 Å². The number of phenolic OH excluding ortho intramolecular Hbond substituents is 2. The van der Waals surface area contributed by atoms with Crippen LogP contribution in [0.2, 0.25) is 0 Å². The van der Waals surface area contributed by atoms with Gasteiger partial charge in [0.05, 0.1) is 25.9 Å². The summed E-state index contributed by atoms with van der Waals surface area (Å²) in [5, 5.41) is 29.0. The van der Waals surface area contributed by atoms with Gasteiger partial charge in [0.25, 0.3) is 6.47 Å². The molecule has 5 heterocycles. The molecule has 232 valence electrons. The van der Waals surface area contributed by atoms with Crippen LogP contribution in [0.25, 0.3) is 21.9 Å². The Bertz CT molecular complexity index is 1640. The maximum absolute atomic E-state index is 11.3. The first-order valence-corrected chi connectivity index (χ1v) is 13.8. The first kappa shape index (κ1) is 40.3. The Morgan fingerprint density at radius 1 is 0.778 bits per heavy atom. The van der Waals surface area contributed by atoms with Gasteiger partial charge in [0, 0.05) is 40.4 Å². The van der Waals surface area contributed by atoms with Crippen molar-refractivity contribution in [1.82, 2.24) is 0 Å². The molecule has 0 bridgehead atoms. The van der Waals surface area contributed by atoms with Crippen molar-refractivity contribution in [2.45, 2.75) is 18.3 Å². The van der Waals surface area contributed by atoms with Crippen molar-refractivity contribution in [3.63, 3.8) is 0 Å². The first-order valence-electron chi connectivity index (χ1n) is 12.7. The van der Waals surface area contributed by atoms with Crippen LogP contribution in [-0.2, 0) is 23.9 Å². The van der Waals surface area contributed by atoms with Crippen molar-refractivity contribution in [3.8, 4) is 23.0 Å². The van der Waals surface area contributed by atoms with E-state index in [9.17, 15) is 9.59 Å². The predicted octanol–water partition coefficient (Wildman–Crippen LogP) is -4.11. The normalized spacial score (nSPS) is 18.0. The summed E-state index contributed by atoms with van der Waals surface area (Å²) in [6.07, 6.45) is 0.854. The summed E-state index contributed by atoms with van der Waals surface area (Å²) in [7, 11) is 0. The van der Waals surface area contributed by atoms with Gasteiger partial charge in [-0.15, -0.1) is 0 Å². The molecule has 7 rings (SSSR count). The second-order valence-corrected chi connectivity index (χ2v) is 9.71. The standard InChI is InChI=1S/C15H14O6.C9H6O4.C3H5BrO.CH2O3.2K.H/c16-15-2-1-9-3-13(19-7-10-5-17-10)14(4-12(9)21-15)20-8-11-6-18-11;10-6-3-5-1-2-9(12)13-8(5)4-7(6)11;4-1-3-2-5-3;2-1-4-3;;;/h1-4,10-11H,5-8H2;1-4,10-11H;3H,1-2H2;1,3H;;;/q;;;;2*+1;-1/p-1. The average Bonchev–Trinajstić information content (AvgIpc) is 3.86. The van der Waals surface area contributed by atoms with Gasteiger partial charge in [-0.05, 0) is 24.3 Å². The number of hydrogen-bond donors (Lipinski definition) is 2. The van der Waals surface area contributed by atoms with Crippen LogP contribution >= 0.6 is 15.9 Å². The monoisotopic (exact) mass is 744 g/mol. The molecule has 45 heavy (non-hydrogen) atoms. The third kappa shape index (κ3) is 14.4. The van der Waals surface area contributed by atoms with Crippen LogP contribution in [0.5, 0.6) is 23.0 Å². The topological polar surface area (TPSA) is 206 Å². The number of carbonyl (C=O) groups excluding carboxylic acids is 1. The average molecular weight is 746 g/mol. The number of phenols is 2. The molecule has 3 saturated heterocycles. The van der Waals surface area contributed by atoms with Crippen molar-refractivity contribution >= 4 is 44.3 Å². The van der Waals surface area contributed by atoms with Crippen molar-refractivity contribution in [2.75, 3.05) is 38.4 Å². The Kier molecular flexibility index (Phi) is 18.3. The molecule has 2 aromatic heterocycles. The minimum atomic E-state index is -0.488. The number of alkyl halides is 1. The van der Waals surface area contributed by atoms with E-state index in [-0.39, 0.29) is 146 Å². The van der Waals surface area contributed by atoms with Crippen LogP contribution in [0.15, 0.2) is 67.0 Å². The Morgan fingerprint density at radius 2 is 1.20 bits per heavy atom. The molecule has 4 aromatic rings. The Balaban J connectivity index is 0.000000363. The first-order chi connectivity index (χ1) is 20.8. The zero-order valence-electron chi connectivity index (χ0n) is 25.3. The minimum Gasteiger partial charge on any atom is -1.00 e. The minimum absolute atomic E-state index is 0. The van der Waals surface area contributed by atoms with E-state index >= 15 is 0 Å². The number of carbonyl (C=O) groups is 1. The molecule has 2 aromatic carbocycles. The molecule has 0 radical (unpaired) electrons. The summed E-state index contributed by atoms with van der Waals surface area (Å²) in [6.45, 7) is 3.17. The van der Waals surface area contributed by atoms with Gasteiger partial charge in [0.2, 0.25) is 0 Å². The Morgan fingerprint density at radius 3 is 1.62 bits per heavy atom. The Hall–Kier alpha value is -0.877. The van der Waals surface area contributed by atoms with Gasteiger partial charge in [-0.25, -0.2) is 9.59 Å². The summed E-state index contributed by atoms with van der Waals surface area (Å²) in [5.41, 5.74) is -0.149. The van der Waals surface area contributed by atoms with E-state index in [4.69, 9.17) is 52.8 Å². The third-order valence-corrected chi connectivity index (χ3v) is 6.39. The van der Waals surface area contributed by atoms with Gasteiger partial charge >= 0.3 is 114 Å². The molecule has 0 aliphatic carbocycles. The molecule has 3 fully saturated rings. The van der Waals surface area contributed by atoms with Gasteiger partial charge in [0.1, 0.15) is 36.6 Å². The van der Waals surface area contributed by atoms with Crippen molar-refractivity contribution in [3.05, 3.63) is 69.4 Å². The molecule has 0 spiro atoms. The molecule has 3 unspecified atom stereocenters. The molecular formula is C28H27BrK2O14. The van der Waals surface area contributed by atoms with E-state index in [0.29, 0.717) is 41.8 Å². The van der Waals surface area contributed by atoms with Crippen LogP contribution in [-0.4, -0.2) is 73.4 Å². The molecule has 2 N–H and O–H groups in total. The number of fused-ring (bicyclic) bond motifs is 2. The van der Waals surface area contributed by atoms with Crippen molar-refractivity contribution in [1.29, 1.82) is 0 Å². The summed E-state index contributed by atoms with van der Waals surface area (Å²) >= 11 is 3.25. The van der Waals surface area contributed by atoms with E-state index in [1.807, 2.05) is 6.07 Å². The fourth-order valence-electron chi connectivity index (χ4n) is 3.25. The van der Waals surface area contributed by atoms with Crippen LogP contribution in [0, 0.1) is 0 Å². The number of hydrogen-bond acceptors (Lipinski definition) is 14. The molecule has 0 saturated carbocycles. The molecule has 3 aliphatic rings. The molecular weight excluding hydrogens is 718 g/mol. The van der Waals surface area contributed by atoms with Crippen LogP contribution in [0.4, 0.5) is 0 Å². The summed E-state index contributed by atoms with van der Waals surface area (Å²) < 4.78 is 36.5. The number of rotatable bonds is 8.